The van der Waals surface area contributed by atoms with E-state index >= 15 is 0 Å². The molecule has 0 radical (unpaired) electrons. The number of pyridine rings is 1. The van der Waals surface area contributed by atoms with Gasteiger partial charge >= 0.3 is 0 Å². The maximum absolute atomic E-state index is 13.3. The van der Waals surface area contributed by atoms with Gasteiger partial charge in [0.2, 0.25) is 5.91 Å². The molecule has 1 aromatic heterocycles. The van der Waals surface area contributed by atoms with Gasteiger partial charge in [0.1, 0.15) is 17.4 Å². The van der Waals surface area contributed by atoms with Gasteiger partial charge in [-0.05, 0) is 37.9 Å². The first-order valence-corrected chi connectivity index (χ1v) is 11.0. The second kappa shape index (κ2) is 7.22. The van der Waals surface area contributed by atoms with Crippen LogP contribution < -0.4 is 0 Å². The Labute approximate surface area is 176 Å². The minimum absolute atomic E-state index is 0.0346. The fourth-order valence-corrected chi connectivity index (χ4v) is 5.39. The molecule has 3 saturated heterocycles. The number of nitrogens with zero attached hydrogens (tertiary/aromatic N) is 5. The number of rotatable bonds is 3. The highest BCUT2D eigenvalue weighted by atomic mass is 35.5. The van der Waals surface area contributed by atoms with E-state index in [9.17, 15) is 9.59 Å². The lowest BCUT2D eigenvalue weighted by atomic mass is 9.93. The Morgan fingerprint density at radius 1 is 1.21 bits per heavy atom. The van der Waals surface area contributed by atoms with Crippen molar-refractivity contribution in [3.63, 3.8) is 0 Å². The second-order valence-corrected chi connectivity index (χ2v) is 9.44. The molecule has 156 valence electrons. The third kappa shape index (κ3) is 3.33. The minimum Gasteiger partial charge on any atom is -0.337 e. The number of piperidine rings is 1. The van der Waals surface area contributed by atoms with E-state index in [4.69, 9.17) is 11.6 Å². The number of aromatic nitrogens is 1. The zero-order chi connectivity index (χ0) is 20.2. The van der Waals surface area contributed by atoms with Gasteiger partial charge in [0.05, 0.1) is 5.02 Å². The standard InChI is InChI=1S/C21H28ClN5O2/c1-24-10-11-26-18(14-24)20(29)27(13-15-2-3-15)21(26)6-8-25(9-7-21)19(28)17-5-4-16(22)12-23-17/h4-5,12,15,18H,2-3,6-11,13-14H2,1H3/t18-/m1/s1. The molecule has 1 spiro atoms. The molecule has 5 rings (SSSR count). The number of fused-ring (bicyclic) bond motifs is 2. The molecule has 1 aromatic rings. The van der Waals surface area contributed by atoms with Crippen LogP contribution in [0.4, 0.5) is 0 Å². The van der Waals surface area contributed by atoms with Crippen LogP contribution in [0.15, 0.2) is 18.3 Å². The summed E-state index contributed by atoms with van der Waals surface area (Å²) in [7, 11) is 2.10. The van der Waals surface area contributed by atoms with Crippen molar-refractivity contribution in [2.24, 2.45) is 5.92 Å². The number of halogens is 1. The van der Waals surface area contributed by atoms with Gasteiger partial charge in [0.15, 0.2) is 0 Å². The predicted molar refractivity (Wildman–Crippen MR) is 110 cm³/mol. The van der Waals surface area contributed by atoms with Crippen molar-refractivity contribution in [2.45, 2.75) is 37.4 Å². The van der Waals surface area contributed by atoms with E-state index in [2.05, 4.69) is 26.7 Å². The predicted octanol–water partition coefficient (Wildman–Crippen LogP) is 1.54. The topological polar surface area (TPSA) is 60.0 Å². The Hall–Kier alpha value is -1.70. The Balaban J connectivity index is 1.36. The second-order valence-electron chi connectivity index (χ2n) is 9.00. The van der Waals surface area contributed by atoms with Crippen molar-refractivity contribution in [1.82, 2.24) is 24.6 Å². The van der Waals surface area contributed by atoms with Gasteiger partial charge in [0, 0.05) is 58.3 Å². The first kappa shape index (κ1) is 19.3. The molecule has 8 heteroatoms. The molecule has 4 aliphatic rings. The summed E-state index contributed by atoms with van der Waals surface area (Å²) in [6.45, 7) is 4.88. The lowest BCUT2D eigenvalue weighted by Gasteiger charge is -2.50. The van der Waals surface area contributed by atoms with E-state index in [1.807, 2.05) is 4.90 Å². The van der Waals surface area contributed by atoms with Crippen LogP contribution in [-0.2, 0) is 4.79 Å². The quantitative estimate of drug-likeness (QED) is 0.746. The number of likely N-dealkylation sites (tertiary alicyclic amines) is 1. The number of carbonyl (C=O) groups is 2. The molecule has 4 heterocycles. The van der Waals surface area contributed by atoms with Gasteiger partial charge in [-0.1, -0.05) is 11.6 Å². The summed E-state index contributed by atoms with van der Waals surface area (Å²) < 4.78 is 0. The molecule has 0 bridgehead atoms. The van der Waals surface area contributed by atoms with Gasteiger partial charge in [0.25, 0.3) is 5.91 Å². The fraction of sp³-hybridized carbons (Fsp3) is 0.667. The summed E-state index contributed by atoms with van der Waals surface area (Å²) >= 11 is 5.90. The lowest BCUT2D eigenvalue weighted by molar-refractivity contribution is -0.134. The number of carbonyl (C=O) groups excluding carboxylic acids is 2. The lowest BCUT2D eigenvalue weighted by Crippen LogP contribution is -2.63. The Bertz CT molecular complexity index is 804. The van der Waals surface area contributed by atoms with E-state index < -0.39 is 0 Å². The fourth-order valence-electron chi connectivity index (χ4n) is 5.28. The molecule has 29 heavy (non-hydrogen) atoms. The zero-order valence-electron chi connectivity index (χ0n) is 16.9. The molecular formula is C21H28ClN5O2. The molecule has 7 nitrogen and oxygen atoms in total. The maximum atomic E-state index is 13.3. The number of hydrogen-bond acceptors (Lipinski definition) is 5. The average Bonchev–Trinajstić information content (AvgIpc) is 3.53. The van der Waals surface area contributed by atoms with Gasteiger partial charge in [-0.15, -0.1) is 0 Å². The van der Waals surface area contributed by atoms with Crippen LogP contribution in [0.2, 0.25) is 5.02 Å². The summed E-state index contributed by atoms with van der Waals surface area (Å²) in [4.78, 5) is 39.2. The average molecular weight is 418 g/mol. The highest BCUT2D eigenvalue weighted by Gasteiger charge is 2.59. The van der Waals surface area contributed by atoms with Gasteiger partial charge in [-0.3, -0.25) is 14.5 Å². The van der Waals surface area contributed by atoms with Crippen LogP contribution >= 0.6 is 11.6 Å². The Kier molecular flexibility index (Phi) is 4.80. The van der Waals surface area contributed by atoms with Crippen molar-refractivity contribution in [3.8, 4) is 0 Å². The molecule has 4 fully saturated rings. The molecule has 0 aromatic carbocycles. The Morgan fingerprint density at radius 3 is 2.62 bits per heavy atom. The van der Waals surface area contributed by atoms with Crippen LogP contribution in [0.1, 0.15) is 36.2 Å². The summed E-state index contributed by atoms with van der Waals surface area (Å²) in [6, 6.07) is 3.35. The van der Waals surface area contributed by atoms with Crippen molar-refractivity contribution in [2.75, 3.05) is 46.3 Å². The van der Waals surface area contributed by atoms with E-state index in [1.165, 1.54) is 19.0 Å². The highest BCUT2D eigenvalue weighted by molar-refractivity contribution is 6.30. The summed E-state index contributed by atoms with van der Waals surface area (Å²) in [5.41, 5.74) is 0.204. The molecule has 2 amide bonds. The van der Waals surface area contributed by atoms with Gasteiger partial charge < -0.3 is 14.7 Å². The van der Waals surface area contributed by atoms with Crippen molar-refractivity contribution in [3.05, 3.63) is 29.0 Å². The molecule has 0 unspecified atom stereocenters. The largest absolute Gasteiger partial charge is 0.337 e. The summed E-state index contributed by atoms with van der Waals surface area (Å²) in [5.74, 6) is 0.903. The summed E-state index contributed by atoms with van der Waals surface area (Å²) in [6.07, 6.45) is 5.60. The third-order valence-electron chi connectivity index (χ3n) is 7.11. The zero-order valence-corrected chi connectivity index (χ0v) is 17.6. The number of amides is 2. The van der Waals surface area contributed by atoms with E-state index in [1.54, 1.807) is 12.1 Å². The molecule has 1 aliphatic carbocycles. The van der Waals surface area contributed by atoms with Crippen molar-refractivity contribution >= 4 is 23.4 Å². The molecular weight excluding hydrogens is 390 g/mol. The molecule has 3 aliphatic heterocycles. The third-order valence-corrected chi connectivity index (χ3v) is 7.33. The molecule has 1 atom stereocenters. The van der Waals surface area contributed by atoms with Crippen molar-refractivity contribution in [1.29, 1.82) is 0 Å². The van der Waals surface area contributed by atoms with Crippen LogP contribution in [0.5, 0.6) is 0 Å². The van der Waals surface area contributed by atoms with E-state index in [0.29, 0.717) is 35.6 Å². The normalized spacial score (nSPS) is 27.5. The Morgan fingerprint density at radius 2 is 1.97 bits per heavy atom. The van der Waals surface area contributed by atoms with Gasteiger partial charge in [-0.25, -0.2) is 4.98 Å². The minimum atomic E-state index is -0.226. The van der Waals surface area contributed by atoms with Crippen LogP contribution in [0.25, 0.3) is 0 Å². The SMILES string of the molecule is CN1CCN2[C@H](C1)C(=O)N(CC1CC1)C21CCN(C(=O)c2ccc(Cl)cn2)CC1. The first-order chi connectivity index (χ1) is 14.0. The van der Waals surface area contributed by atoms with Crippen molar-refractivity contribution < 1.29 is 9.59 Å². The molecule has 0 N–H and O–H groups in total. The van der Waals surface area contributed by atoms with E-state index in [-0.39, 0.29) is 17.6 Å². The summed E-state index contributed by atoms with van der Waals surface area (Å²) in [5, 5.41) is 0.528. The van der Waals surface area contributed by atoms with E-state index in [0.717, 1.165) is 39.0 Å². The monoisotopic (exact) mass is 417 g/mol. The number of likely N-dealkylation sites (N-methyl/N-ethyl adjacent to an activating group) is 1. The van der Waals surface area contributed by atoms with Crippen LogP contribution in [-0.4, -0.2) is 94.4 Å². The molecule has 1 saturated carbocycles. The van der Waals surface area contributed by atoms with Gasteiger partial charge in [-0.2, -0.15) is 0 Å². The highest BCUT2D eigenvalue weighted by Crippen LogP contribution is 2.44. The number of piperazine rings is 1. The van der Waals surface area contributed by atoms with Crippen LogP contribution in [0, 0.1) is 5.92 Å². The number of hydrogen-bond donors (Lipinski definition) is 0. The maximum Gasteiger partial charge on any atom is 0.272 e. The smallest absolute Gasteiger partial charge is 0.272 e. The van der Waals surface area contributed by atoms with Crippen LogP contribution in [0.3, 0.4) is 0 Å². The first-order valence-electron chi connectivity index (χ1n) is 10.7.